The van der Waals surface area contributed by atoms with Crippen molar-refractivity contribution in [3.63, 3.8) is 0 Å². The molecule has 0 spiro atoms. The van der Waals surface area contributed by atoms with Crippen molar-refractivity contribution in [3.05, 3.63) is 72.7 Å². The van der Waals surface area contributed by atoms with Gasteiger partial charge in [-0.05, 0) is 29.8 Å². The van der Waals surface area contributed by atoms with Crippen LogP contribution in [-0.4, -0.2) is 9.55 Å². The molecule has 0 radical (unpaired) electrons. The molecule has 0 aliphatic rings. The molecule has 1 heterocycles. The van der Waals surface area contributed by atoms with Gasteiger partial charge in [-0.3, -0.25) is 0 Å². The van der Waals surface area contributed by atoms with E-state index in [0.29, 0.717) is 6.61 Å². The van der Waals surface area contributed by atoms with Crippen molar-refractivity contribution < 1.29 is 4.74 Å². The maximum atomic E-state index is 5.77. The minimum Gasteiger partial charge on any atom is -0.489 e. The van der Waals surface area contributed by atoms with Gasteiger partial charge in [-0.1, -0.05) is 30.3 Å². The number of aromatic nitrogens is 2. The quantitative estimate of drug-likeness (QED) is 0.719. The van der Waals surface area contributed by atoms with Crippen LogP contribution in [0.15, 0.2) is 67.1 Å². The van der Waals surface area contributed by atoms with E-state index in [1.807, 2.05) is 48.1 Å². The van der Waals surface area contributed by atoms with Gasteiger partial charge in [-0.2, -0.15) is 0 Å². The van der Waals surface area contributed by atoms with Gasteiger partial charge in [0.2, 0.25) is 0 Å². The minimum absolute atomic E-state index is 0.589. The van der Waals surface area contributed by atoms with E-state index in [-0.39, 0.29) is 0 Å². The number of imidazole rings is 1. The van der Waals surface area contributed by atoms with Crippen molar-refractivity contribution in [2.24, 2.45) is 7.05 Å². The molecule has 3 aromatic rings. The highest BCUT2D eigenvalue weighted by Gasteiger charge is 2.02. The Hall–Kier alpha value is -2.55. The molecular formula is C17H16N2O. The van der Waals surface area contributed by atoms with Gasteiger partial charge in [0, 0.05) is 12.6 Å². The fourth-order valence-electron chi connectivity index (χ4n) is 2.10. The Morgan fingerprint density at radius 3 is 2.40 bits per heavy atom. The first-order valence-electron chi connectivity index (χ1n) is 6.56. The van der Waals surface area contributed by atoms with Crippen LogP contribution in [0.4, 0.5) is 0 Å². The van der Waals surface area contributed by atoms with Gasteiger partial charge in [0.1, 0.15) is 12.4 Å². The third-order valence-corrected chi connectivity index (χ3v) is 3.22. The maximum Gasteiger partial charge on any atom is 0.119 e. The third kappa shape index (κ3) is 2.72. The highest BCUT2D eigenvalue weighted by Crippen LogP contribution is 2.22. The summed E-state index contributed by atoms with van der Waals surface area (Å²) in [5.41, 5.74) is 3.40. The molecule has 0 bridgehead atoms. The SMILES string of the molecule is Cn1cncc1-c1ccc(OCc2ccccc2)cc1. The van der Waals surface area contributed by atoms with E-state index in [4.69, 9.17) is 4.74 Å². The first-order valence-corrected chi connectivity index (χ1v) is 6.56. The number of hydrogen-bond donors (Lipinski definition) is 0. The van der Waals surface area contributed by atoms with Crippen LogP contribution in [0.1, 0.15) is 5.56 Å². The van der Waals surface area contributed by atoms with Crippen molar-refractivity contribution in [1.82, 2.24) is 9.55 Å². The summed E-state index contributed by atoms with van der Waals surface area (Å²) in [6.45, 7) is 0.589. The van der Waals surface area contributed by atoms with Crippen LogP contribution in [0.5, 0.6) is 5.75 Å². The zero-order chi connectivity index (χ0) is 13.8. The molecule has 1 aromatic heterocycles. The van der Waals surface area contributed by atoms with Crippen molar-refractivity contribution in [3.8, 4) is 17.0 Å². The number of aryl methyl sites for hydroxylation is 1. The second kappa shape index (κ2) is 5.61. The average Bonchev–Trinajstić information content (AvgIpc) is 2.93. The normalized spacial score (nSPS) is 10.4. The molecule has 2 aromatic carbocycles. The molecule has 0 N–H and O–H groups in total. The van der Waals surface area contributed by atoms with Gasteiger partial charge in [-0.25, -0.2) is 4.98 Å². The van der Waals surface area contributed by atoms with Crippen LogP contribution in [0.2, 0.25) is 0 Å². The lowest BCUT2D eigenvalue weighted by Gasteiger charge is -2.07. The first kappa shape index (κ1) is 12.5. The second-order valence-corrected chi connectivity index (χ2v) is 4.69. The zero-order valence-electron chi connectivity index (χ0n) is 11.4. The standard InChI is InChI=1S/C17H16N2O/c1-19-13-18-11-17(19)15-7-9-16(10-8-15)20-12-14-5-3-2-4-6-14/h2-11,13H,12H2,1H3. The molecule has 3 nitrogen and oxygen atoms in total. The summed E-state index contributed by atoms with van der Waals surface area (Å²) in [4.78, 5) is 4.13. The zero-order valence-corrected chi connectivity index (χ0v) is 11.4. The Labute approximate surface area is 118 Å². The molecule has 0 saturated heterocycles. The summed E-state index contributed by atoms with van der Waals surface area (Å²) in [6, 6.07) is 18.2. The molecule has 0 fully saturated rings. The largest absolute Gasteiger partial charge is 0.489 e. The van der Waals surface area contributed by atoms with Crippen LogP contribution in [-0.2, 0) is 13.7 Å². The molecule has 0 atom stereocenters. The Morgan fingerprint density at radius 1 is 1.00 bits per heavy atom. The van der Waals surface area contributed by atoms with Gasteiger partial charge >= 0.3 is 0 Å². The van der Waals surface area contributed by atoms with Crippen LogP contribution in [0, 0.1) is 0 Å². The molecule has 0 aliphatic carbocycles. The Kier molecular flexibility index (Phi) is 3.50. The lowest BCUT2D eigenvalue weighted by atomic mass is 10.1. The summed E-state index contributed by atoms with van der Waals surface area (Å²) in [5, 5.41) is 0. The van der Waals surface area contributed by atoms with Crippen molar-refractivity contribution in [2.75, 3.05) is 0 Å². The van der Waals surface area contributed by atoms with Crippen molar-refractivity contribution >= 4 is 0 Å². The number of ether oxygens (including phenoxy) is 1. The Morgan fingerprint density at radius 2 is 1.75 bits per heavy atom. The predicted octanol–water partition coefficient (Wildman–Crippen LogP) is 3.67. The first-order chi connectivity index (χ1) is 9.83. The van der Waals surface area contributed by atoms with Gasteiger partial charge in [0.15, 0.2) is 0 Å². The lowest BCUT2D eigenvalue weighted by Crippen LogP contribution is -1.95. The highest BCUT2D eigenvalue weighted by molar-refractivity contribution is 5.59. The smallest absolute Gasteiger partial charge is 0.119 e. The number of nitrogens with zero attached hydrogens (tertiary/aromatic N) is 2. The van der Waals surface area contributed by atoms with Crippen LogP contribution < -0.4 is 4.74 Å². The molecule has 0 aliphatic heterocycles. The molecule has 0 saturated carbocycles. The molecular weight excluding hydrogens is 248 g/mol. The lowest BCUT2D eigenvalue weighted by molar-refractivity contribution is 0.306. The van der Waals surface area contributed by atoms with E-state index in [0.717, 1.165) is 17.0 Å². The monoisotopic (exact) mass is 264 g/mol. The van der Waals surface area contributed by atoms with Crippen LogP contribution in [0.25, 0.3) is 11.3 Å². The second-order valence-electron chi connectivity index (χ2n) is 4.69. The Bertz CT molecular complexity index is 672. The van der Waals surface area contributed by atoms with E-state index in [2.05, 4.69) is 29.2 Å². The van der Waals surface area contributed by atoms with Crippen molar-refractivity contribution in [2.45, 2.75) is 6.61 Å². The Balaban J connectivity index is 1.69. The number of hydrogen-bond acceptors (Lipinski definition) is 2. The maximum absolute atomic E-state index is 5.77. The van der Waals surface area contributed by atoms with Gasteiger partial charge in [0.25, 0.3) is 0 Å². The summed E-state index contributed by atoms with van der Waals surface area (Å²) in [6.07, 6.45) is 3.66. The highest BCUT2D eigenvalue weighted by atomic mass is 16.5. The van der Waals surface area contributed by atoms with E-state index in [9.17, 15) is 0 Å². The van der Waals surface area contributed by atoms with Crippen molar-refractivity contribution in [1.29, 1.82) is 0 Å². The summed E-state index contributed by atoms with van der Waals surface area (Å²) < 4.78 is 7.77. The number of rotatable bonds is 4. The minimum atomic E-state index is 0.589. The molecule has 0 amide bonds. The van der Waals surface area contributed by atoms with E-state index >= 15 is 0 Å². The van der Waals surface area contributed by atoms with E-state index in [1.165, 1.54) is 5.56 Å². The fraction of sp³-hybridized carbons (Fsp3) is 0.118. The van der Waals surface area contributed by atoms with E-state index in [1.54, 1.807) is 6.33 Å². The molecule has 3 heteroatoms. The fourth-order valence-corrected chi connectivity index (χ4v) is 2.10. The summed E-state index contributed by atoms with van der Waals surface area (Å²) >= 11 is 0. The van der Waals surface area contributed by atoms with Crippen LogP contribution >= 0.6 is 0 Å². The van der Waals surface area contributed by atoms with Gasteiger partial charge in [-0.15, -0.1) is 0 Å². The molecule has 100 valence electrons. The topological polar surface area (TPSA) is 27.1 Å². The van der Waals surface area contributed by atoms with Gasteiger partial charge < -0.3 is 9.30 Å². The molecule has 20 heavy (non-hydrogen) atoms. The molecule has 3 rings (SSSR count). The van der Waals surface area contributed by atoms with Gasteiger partial charge in [0.05, 0.1) is 18.2 Å². The molecule has 0 unspecified atom stereocenters. The summed E-state index contributed by atoms with van der Waals surface area (Å²) in [5.74, 6) is 0.875. The van der Waals surface area contributed by atoms with Crippen LogP contribution in [0.3, 0.4) is 0 Å². The summed E-state index contributed by atoms with van der Waals surface area (Å²) in [7, 11) is 1.99. The number of benzene rings is 2. The predicted molar refractivity (Wildman–Crippen MR) is 79.4 cm³/mol. The van der Waals surface area contributed by atoms with E-state index < -0.39 is 0 Å². The third-order valence-electron chi connectivity index (χ3n) is 3.22. The average molecular weight is 264 g/mol.